The normalized spacial score (nSPS) is 9.96. The van der Waals surface area contributed by atoms with Crippen molar-refractivity contribution in [3.63, 3.8) is 0 Å². The molecule has 6 heteroatoms. The van der Waals surface area contributed by atoms with Crippen molar-refractivity contribution in [2.75, 3.05) is 19.5 Å². The number of methoxy groups -OCH3 is 1. The second-order valence-electron chi connectivity index (χ2n) is 4.79. The van der Waals surface area contributed by atoms with Crippen molar-refractivity contribution >= 4 is 17.6 Å². The summed E-state index contributed by atoms with van der Waals surface area (Å²) >= 11 is 0. The van der Waals surface area contributed by atoms with E-state index in [1.807, 2.05) is 24.3 Å². The van der Waals surface area contributed by atoms with Crippen LogP contribution in [0.1, 0.15) is 15.9 Å². The van der Waals surface area contributed by atoms with Crippen LogP contribution in [0.15, 0.2) is 48.5 Å². The fraction of sp³-hybridized carbons (Fsp3) is 0.176. The maximum absolute atomic E-state index is 11.8. The van der Waals surface area contributed by atoms with Gasteiger partial charge in [-0.3, -0.25) is 4.79 Å². The van der Waals surface area contributed by atoms with Crippen molar-refractivity contribution in [2.24, 2.45) is 0 Å². The maximum Gasteiger partial charge on any atom is 0.338 e. The lowest BCUT2D eigenvalue weighted by Gasteiger charge is -2.10. The van der Waals surface area contributed by atoms with Gasteiger partial charge in [-0.15, -0.1) is 0 Å². The van der Waals surface area contributed by atoms with Crippen LogP contribution in [-0.2, 0) is 16.1 Å². The van der Waals surface area contributed by atoms with Crippen LogP contribution in [0.2, 0.25) is 0 Å². The van der Waals surface area contributed by atoms with E-state index in [0.29, 0.717) is 23.5 Å². The minimum Gasteiger partial charge on any atom is -0.496 e. The fourth-order valence-electron chi connectivity index (χ4n) is 1.93. The number of benzene rings is 2. The predicted octanol–water partition coefficient (Wildman–Crippen LogP) is 1.75. The van der Waals surface area contributed by atoms with Crippen LogP contribution in [0.5, 0.6) is 5.75 Å². The number of ether oxygens (including phenoxy) is 2. The Labute approximate surface area is 134 Å². The average Bonchev–Trinajstić information content (AvgIpc) is 2.58. The smallest absolute Gasteiger partial charge is 0.338 e. The lowest BCUT2D eigenvalue weighted by Crippen LogP contribution is -2.28. The van der Waals surface area contributed by atoms with Crippen LogP contribution < -0.4 is 15.8 Å². The Hall–Kier alpha value is -3.02. The van der Waals surface area contributed by atoms with Gasteiger partial charge in [0, 0.05) is 17.8 Å². The molecule has 0 atom stereocenters. The molecule has 6 nitrogen and oxygen atoms in total. The molecule has 0 fully saturated rings. The Morgan fingerprint density at radius 1 is 1.09 bits per heavy atom. The Morgan fingerprint density at radius 2 is 1.78 bits per heavy atom. The molecule has 0 aliphatic heterocycles. The first-order valence-electron chi connectivity index (χ1n) is 7.01. The molecule has 2 aromatic carbocycles. The quantitative estimate of drug-likeness (QED) is 0.626. The van der Waals surface area contributed by atoms with Crippen LogP contribution >= 0.6 is 0 Å². The van der Waals surface area contributed by atoms with E-state index in [2.05, 4.69) is 5.32 Å². The summed E-state index contributed by atoms with van der Waals surface area (Å²) < 4.78 is 10.1. The van der Waals surface area contributed by atoms with Gasteiger partial charge in [-0.05, 0) is 30.3 Å². The average molecular weight is 314 g/mol. The Morgan fingerprint density at radius 3 is 2.48 bits per heavy atom. The van der Waals surface area contributed by atoms with E-state index in [1.54, 1.807) is 31.4 Å². The van der Waals surface area contributed by atoms with E-state index in [1.165, 1.54) is 0 Å². The molecule has 2 aromatic rings. The summed E-state index contributed by atoms with van der Waals surface area (Å²) in [5, 5.41) is 2.67. The molecule has 0 aliphatic rings. The Balaban J connectivity index is 1.81. The highest BCUT2D eigenvalue weighted by atomic mass is 16.5. The topological polar surface area (TPSA) is 90.6 Å². The number of carbonyl (C=O) groups excluding carboxylic acids is 2. The highest BCUT2D eigenvalue weighted by molar-refractivity contribution is 5.91. The van der Waals surface area contributed by atoms with Gasteiger partial charge in [0.05, 0.1) is 12.7 Å². The zero-order valence-electron chi connectivity index (χ0n) is 12.7. The second kappa shape index (κ2) is 7.84. The summed E-state index contributed by atoms with van der Waals surface area (Å²) in [5.41, 5.74) is 7.28. The van der Waals surface area contributed by atoms with E-state index in [9.17, 15) is 9.59 Å². The SMILES string of the molecule is COc1ccccc1CNC(=O)COC(=O)c1ccc(N)cc1. The third-order valence-electron chi connectivity index (χ3n) is 3.15. The van der Waals surface area contributed by atoms with Gasteiger partial charge in [-0.25, -0.2) is 4.79 Å². The number of para-hydroxylation sites is 1. The van der Waals surface area contributed by atoms with Gasteiger partial charge in [0.1, 0.15) is 5.75 Å². The molecule has 1 amide bonds. The molecular weight excluding hydrogens is 296 g/mol. The van der Waals surface area contributed by atoms with E-state index < -0.39 is 5.97 Å². The number of nitrogens with two attached hydrogens (primary N) is 1. The Bertz CT molecular complexity index is 683. The standard InChI is InChI=1S/C17H18N2O4/c1-22-15-5-3-2-4-13(15)10-19-16(20)11-23-17(21)12-6-8-14(18)9-7-12/h2-9H,10-11,18H2,1H3,(H,19,20). The Kier molecular flexibility index (Phi) is 5.57. The van der Waals surface area contributed by atoms with Crippen LogP contribution in [0.25, 0.3) is 0 Å². The van der Waals surface area contributed by atoms with Crippen LogP contribution in [0, 0.1) is 0 Å². The first-order valence-corrected chi connectivity index (χ1v) is 7.01. The molecule has 0 unspecified atom stereocenters. The molecule has 23 heavy (non-hydrogen) atoms. The molecule has 0 radical (unpaired) electrons. The van der Waals surface area contributed by atoms with Crippen molar-refractivity contribution in [3.8, 4) is 5.75 Å². The van der Waals surface area contributed by atoms with Crippen LogP contribution in [0.3, 0.4) is 0 Å². The highest BCUT2D eigenvalue weighted by Gasteiger charge is 2.10. The lowest BCUT2D eigenvalue weighted by atomic mass is 10.2. The number of anilines is 1. The van der Waals surface area contributed by atoms with Crippen molar-refractivity contribution in [1.82, 2.24) is 5.32 Å². The molecule has 0 aromatic heterocycles. The monoisotopic (exact) mass is 314 g/mol. The van der Waals surface area contributed by atoms with Gasteiger partial charge < -0.3 is 20.5 Å². The number of amides is 1. The maximum atomic E-state index is 11.8. The largest absolute Gasteiger partial charge is 0.496 e. The summed E-state index contributed by atoms with van der Waals surface area (Å²) in [6, 6.07) is 13.6. The van der Waals surface area contributed by atoms with E-state index in [-0.39, 0.29) is 12.5 Å². The molecular formula is C17H18N2O4. The van der Waals surface area contributed by atoms with Gasteiger partial charge >= 0.3 is 5.97 Å². The molecule has 3 N–H and O–H groups in total. The first-order chi connectivity index (χ1) is 11.1. The highest BCUT2D eigenvalue weighted by Crippen LogP contribution is 2.16. The van der Waals surface area contributed by atoms with Crippen molar-refractivity contribution < 1.29 is 19.1 Å². The third-order valence-corrected chi connectivity index (χ3v) is 3.15. The summed E-state index contributed by atoms with van der Waals surface area (Å²) in [4.78, 5) is 23.5. The number of hydrogen-bond acceptors (Lipinski definition) is 5. The minimum absolute atomic E-state index is 0.294. The van der Waals surface area contributed by atoms with E-state index >= 15 is 0 Å². The van der Waals surface area contributed by atoms with Crippen molar-refractivity contribution in [1.29, 1.82) is 0 Å². The molecule has 0 saturated heterocycles. The number of esters is 1. The molecule has 0 heterocycles. The molecule has 120 valence electrons. The second-order valence-corrected chi connectivity index (χ2v) is 4.79. The van der Waals surface area contributed by atoms with E-state index in [4.69, 9.17) is 15.2 Å². The zero-order valence-corrected chi connectivity index (χ0v) is 12.7. The fourth-order valence-corrected chi connectivity index (χ4v) is 1.93. The molecule has 0 spiro atoms. The number of nitrogen functional groups attached to an aromatic ring is 1. The van der Waals surface area contributed by atoms with Gasteiger partial charge in [0.2, 0.25) is 0 Å². The molecule has 0 bridgehead atoms. The van der Waals surface area contributed by atoms with Gasteiger partial charge in [0.25, 0.3) is 5.91 Å². The van der Waals surface area contributed by atoms with Crippen molar-refractivity contribution in [2.45, 2.75) is 6.54 Å². The first kappa shape index (κ1) is 16.4. The molecule has 0 saturated carbocycles. The van der Waals surface area contributed by atoms with Crippen LogP contribution in [-0.4, -0.2) is 25.6 Å². The number of hydrogen-bond donors (Lipinski definition) is 2. The van der Waals surface area contributed by atoms with Crippen LogP contribution in [0.4, 0.5) is 5.69 Å². The molecule has 2 rings (SSSR count). The zero-order chi connectivity index (χ0) is 16.7. The predicted molar refractivity (Wildman–Crippen MR) is 86.0 cm³/mol. The number of carbonyl (C=O) groups is 2. The summed E-state index contributed by atoms with van der Waals surface area (Å²) in [6.45, 7) is -0.0549. The number of rotatable bonds is 6. The summed E-state index contributed by atoms with van der Waals surface area (Å²) in [5.74, 6) is -0.274. The van der Waals surface area contributed by atoms with Crippen molar-refractivity contribution in [3.05, 3.63) is 59.7 Å². The molecule has 0 aliphatic carbocycles. The van der Waals surface area contributed by atoms with E-state index in [0.717, 1.165) is 5.56 Å². The minimum atomic E-state index is -0.572. The van der Waals surface area contributed by atoms with Gasteiger partial charge in [-0.1, -0.05) is 18.2 Å². The third kappa shape index (κ3) is 4.74. The van der Waals surface area contributed by atoms with Gasteiger partial charge in [-0.2, -0.15) is 0 Å². The number of nitrogens with one attached hydrogen (secondary N) is 1. The lowest BCUT2D eigenvalue weighted by molar-refractivity contribution is -0.124. The van der Waals surface area contributed by atoms with Gasteiger partial charge in [0.15, 0.2) is 6.61 Å². The summed E-state index contributed by atoms with van der Waals surface area (Å²) in [7, 11) is 1.56. The summed E-state index contributed by atoms with van der Waals surface area (Å²) in [6.07, 6.45) is 0.